The van der Waals surface area contributed by atoms with Crippen molar-refractivity contribution >= 4 is 24.0 Å². The fourth-order valence-corrected chi connectivity index (χ4v) is 7.55. The molecule has 7 nitrogen and oxygen atoms in total. The Bertz CT molecular complexity index is 1480. The van der Waals surface area contributed by atoms with E-state index >= 15 is 0 Å². The Hall–Kier alpha value is -3.26. The summed E-state index contributed by atoms with van der Waals surface area (Å²) in [6.45, 7) is 17.7. The number of fused-ring (bicyclic) bond motifs is 4. The standard InChI is InChI=1S/C37H50N4O3S/c1-22(2)44-36(42)38-29-17-26(18-29)15-16-31-27-13-10-14-30(19-27)45-41-35-39-33(32-23(3)11-9-12-24(32)4)25(5)34(40-35)43-21-28(31)20-37(6,7)8/h9-14,19,22,26,28-29,31H,15-18,20-21H2,1-8H3,(H,38,42)(H,39,40,41). The van der Waals surface area contributed by atoms with Gasteiger partial charge in [-0.2, -0.15) is 4.98 Å². The van der Waals surface area contributed by atoms with Gasteiger partial charge in [0.15, 0.2) is 0 Å². The zero-order chi connectivity index (χ0) is 32.3. The summed E-state index contributed by atoms with van der Waals surface area (Å²) in [7, 11) is 0. The number of carbonyl (C=O) groups excluding carboxylic acids is 1. The average molecular weight is 631 g/mol. The zero-order valence-electron chi connectivity index (χ0n) is 28.2. The van der Waals surface area contributed by atoms with Crippen LogP contribution < -0.4 is 14.8 Å². The Balaban J connectivity index is 1.42. The van der Waals surface area contributed by atoms with Gasteiger partial charge >= 0.3 is 6.09 Å². The molecule has 1 saturated carbocycles. The Kier molecular flexibility index (Phi) is 10.3. The smallest absolute Gasteiger partial charge is 0.407 e. The van der Waals surface area contributed by atoms with Gasteiger partial charge in [0.1, 0.15) is 0 Å². The van der Waals surface area contributed by atoms with E-state index in [1.807, 2.05) is 13.8 Å². The number of aryl methyl sites for hydroxylation is 2. The minimum absolute atomic E-state index is 0.107. The number of hydrogen-bond acceptors (Lipinski definition) is 7. The van der Waals surface area contributed by atoms with Gasteiger partial charge in [0, 0.05) is 28.0 Å². The normalized spacial score (nSPS) is 21.4. The van der Waals surface area contributed by atoms with Crippen LogP contribution in [0.2, 0.25) is 0 Å². The highest BCUT2D eigenvalue weighted by Crippen LogP contribution is 2.43. The topological polar surface area (TPSA) is 85.4 Å². The van der Waals surface area contributed by atoms with E-state index in [1.54, 1.807) is 11.9 Å². The van der Waals surface area contributed by atoms with Crippen LogP contribution in [-0.2, 0) is 4.74 Å². The molecule has 2 aromatic carbocycles. The minimum Gasteiger partial charge on any atom is -0.477 e. The number of nitrogens with one attached hydrogen (secondary N) is 2. The molecule has 45 heavy (non-hydrogen) atoms. The number of amides is 1. The summed E-state index contributed by atoms with van der Waals surface area (Å²) in [5.74, 6) is 2.43. The van der Waals surface area contributed by atoms with Crippen LogP contribution in [0.15, 0.2) is 47.4 Å². The molecule has 0 spiro atoms. The van der Waals surface area contributed by atoms with Gasteiger partial charge in [-0.05, 0) is 125 Å². The number of alkyl carbamates (subject to hydrolysis) is 1. The fourth-order valence-electron chi connectivity index (χ4n) is 6.91. The van der Waals surface area contributed by atoms with Gasteiger partial charge in [0.2, 0.25) is 11.8 Å². The van der Waals surface area contributed by atoms with Gasteiger partial charge in [-0.15, -0.1) is 0 Å². The molecule has 1 amide bonds. The monoisotopic (exact) mass is 630 g/mol. The summed E-state index contributed by atoms with van der Waals surface area (Å²) >= 11 is 1.55. The summed E-state index contributed by atoms with van der Waals surface area (Å²) in [5.41, 5.74) is 6.88. The molecule has 2 heterocycles. The van der Waals surface area contributed by atoms with Gasteiger partial charge in [0.05, 0.1) is 18.4 Å². The second-order valence-electron chi connectivity index (χ2n) is 14.5. The van der Waals surface area contributed by atoms with Gasteiger partial charge in [0.25, 0.3) is 0 Å². The van der Waals surface area contributed by atoms with Crippen LogP contribution in [0.4, 0.5) is 10.7 Å². The van der Waals surface area contributed by atoms with E-state index in [0.717, 1.165) is 53.8 Å². The fraction of sp³-hybridized carbons (Fsp3) is 0.541. The van der Waals surface area contributed by atoms with Crippen molar-refractivity contribution in [3.63, 3.8) is 0 Å². The highest BCUT2D eigenvalue weighted by molar-refractivity contribution is 8.00. The van der Waals surface area contributed by atoms with E-state index in [0.29, 0.717) is 36.2 Å². The van der Waals surface area contributed by atoms with Crippen molar-refractivity contribution in [3.8, 4) is 17.1 Å². The lowest BCUT2D eigenvalue weighted by molar-refractivity contribution is 0.0988. The predicted octanol–water partition coefficient (Wildman–Crippen LogP) is 9.41. The number of benzene rings is 2. The Labute approximate surface area is 273 Å². The summed E-state index contributed by atoms with van der Waals surface area (Å²) in [6, 6.07) is 15.5. The Morgan fingerprint density at radius 2 is 1.78 bits per heavy atom. The summed E-state index contributed by atoms with van der Waals surface area (Å²) in [4.78, 5) is 23.1. The number of anilines is 1. The summed E-state index contributed by atoms with van der Waals surface area (Å²) in [5, 5.41) is 3.04. The van der Waals surface area contributed by atoms with E-state index in [9.17, 15) is 4.79 Å². The van der Waals surface area contributed by atoms with Crippen LogP contribution in [-0.4, -0.2) is 34.8 Å². The molecule has 2 atom stereocenters. The molecule has 2 aliphatic rings. The third-order valence-corrected chi connectivity index (χ3v) is 9.80. The first-order valence-corrected chi connectivity index (χ1v) is 17.3. The molecule has 0 saturated heterocycles. The minimum atomic E-state index is -0.304. The number of hydrogen-bond donors (Lipinski definition) is 2. The summed E-state index contributed by atoms with van der Waals surface area (Å²) < 4.78 is 15.4. The molecule has 1 aromatic heterocycles. The summed E-state index contributed by atoms with van der Waals surface area (Å²) in [6.07, 6.45) is 4.82. The molecule has 242 valence electrons. The number of nitrogens with zero attached hydrogens (tertiary/aromatic N) is 2. The van der Waals surface area contributed by atoms with Crippen LogP contribution in [0.25, 0.3) is 11.3 Å². The molecule has 1 aliphatic carbocycles. The number of aromatic nitrogens is 2. The molecule has 1 aliphatic heterocycles. The molecule has 1 fully saturated rings. The second-order valence-corrected chi connectivity index (χ2v) is 15.4. The largest absolute Gasteiger partial charge is 0.477 e. The lowest BCUT2D eigenvalue weighted by Gasteiger charge is -2.38. The Morgan fingerprint density at radius 3 is 2.47 bits per heavy atom. The molecule has 0 radical (unpaired) electrons. The van der Waals surface area contributed by atoms with Crippen molar-refractivity contribution in [2.75, 3.05) is 11.3 Å². The SMILES string of the molecule is Cc1cccc(C)c1-c1nc2nc(c1C)OCC(CC(C)(C)C)C(CCC1CC(NC(=O)OC(C)C)C1)c1cccc(c1)SN2. The maximum absolute atomic E-state index is 12.1. The molecular weight excluding hydrogens is 580 g/mol. The van der Waals surface area contributed by atoms with Crippen LogP contribution in [0.1, 0.15) is 94.9 Å². The van der Waals surface area contributed by atoms with Crippen molar-refractivity contribution < 1.29 is 14.3 Å². The van der Waals surface area contributed by atoms with E-state index in [-0.39, 0.29) is 23.7 Å². The maximum Gasteiger partial charge on any atom is 0.407 e. The number of rotatable bonds is 7. The van der Waals surface area contributed by atoms with Crippen molar-refractivity contribution in [3.05, 3.63) is 64.7 Å². The van der Waals surface area contributed by atoms with Gasteiger partial charge in [-0.3, -0.25) is 4.72 Å². The third-order valence-electron chi connectivity index (χ3n) is 9.03. The first kappa shape index (κ1) is 33.1. The van der Waals surface area contributed by atoms with E-state index in [4.69, 9.17) is 19.4 Å². The van der Waals surface area contributed by atoms with E-state index < -0.39 is 0 Å². The van der Waals surface area contributed by atoms with Crippen LogP contribution in [0, 0.1) is 38.0 Å². The quantitative estimate of drug-likeness (QED) is 0.252. The molecule has 2 unspecified atom stereocenters. The number of ether oxygens (including phenoxy) is 2. The maximum atomic E-state index is 12.1. The number of carbonyl (C=O) groups is 1. The predicted molar refractivity (Wildman–Crippen MR) is 184 cm³/mol. The zero-order valence-corrected chi connectivity index (χ0v) is 29.0. The molecular formula is C37H50N4O3S. The molecule has 4 bridgehead atoms. The third kappa shape index (κ3) is 8.51. The van der Waals surface area contributed by atoms with Crippen molar-refractivity contribution in [1.82, 2.24) is 15.3 Å². The van der Waals surface area contributed by atoms with Crippen LogP contribution in [0.5, 0.6) is 5.88 Å². The van der Waals surface area contributed by atoms with Crippen molar-refractivity contribution in [1.29, 1.82) is 0 Å². The average Bonchev–Trinajstić information content (AvgIpc) is 2.93. The van der Waals surface area contributed by atoms with E-state index in [2.05, 4.69) is 94.0 Å². The van der Waals surface area contributed by atoms with Crippen LogP contribution in [0.3, 0.4) is 0 Å². The molecule has 8 heteroatoms. The molecule has 5 rings (SSSR count). The lowest BCUT2D eigenvalue weighted by atomic mass is 9.71. The van der Waals surface area contributed by atoms with Gasteiger partial charge in [-0.1, -0.05) is 51.1 Å². The van der Waals surface area contributed by atoms with Gasteiger partial charge in [-0.25, -0.2) is 9.78 Å². The van der Waals surface area contributed by atoms with Gasteiger partial charge < -0.3 is 14.8 Å². The first-order chi connectivity index (χ1) is 21.4. The first-order valence-electron chi connectivity index (χ1n) is 16.4. The molecule has 2 N–H and O–H groups in total. The van der Waals surface area contributed by atoms with Crippen LogP contribution >= 0.6 is 11.9 Å². The van der Waals surface area contributed by atoms with Crippen molar-refractivity contribution in [2.45, 2.75) is 110 Å². The molecule has 3 aromatic rings. The highest BCUT2D eigenvalue weighted by Gasteiger charge is 2.34. The Morgan fingerprint density at radius 1 is 1.07 bits per heavy atom. The lowest BCUT2D eigenvalue weighted by Crippen LogP contribution is -2.45. The highest BCUT2D eigenvalue weighted by atomic mass is 32.2. The van der Waals surface area contributed by atoms with Crippen molar-refractivity contribution in [2.24, 2.45) is 17.3 Å². The second kappa shape index (κ2) is 14.0. The van der Waals surface area contributed by atoms with E-state index in [1.165, 1.54) is 16.7 Å².